The highest BCUT2D eigenvalue weighted by Gasteiger charge is 2.41. The minimum Gasteiger partial charge on any atom is -0.378 e. The van der Waals surface area contributed by atoms with Gasteiger partial charge in [-0.1, -0.05) is 13.8 Å². The molecular formula is C17H27FN2O. The smallest absolute Gasteiger partial charge is 0.123 e. The van der Waals surface area contributed by atoms with Gasteiger partial charge in [-0.05, 0) is 49.9 Å². The first-order valence-corrected chi connectivity index (χ1v) is 7.87. The van der Waals surface area contributed by atoms with Crippen molar-refractivity contribution in [2.45, 2.75) is 45.3 Å². The molecule has 0 radical (unpaired) electrons. The second-order valence-corrected chi connectivity index (χ2v) is 6.26. The number of anilines is 1. The molecule has 4 heteroatoms. The minimum absolute atomic E-state index is 0.0975. The van der Waals surface area contributed by atoms with E-state index in [0.29, 0.717) is 12.5 Å². The van der Waals surface area contributed by atoms with E-state index in [2.05, 4.69) is 25.7 Å². The Morgan fingerprint density at radius 3 is 2.57 bits per heavy atom. The van der Waals surface area contributed by atoms with Crippen LogP contribution in [0.15, 0.2) is 24.3 Å². The molecule has 3 nitrogen and oxygen atoms in total. The fourth-order valence-corrected chi connectivity index (χ4v) is 3.32. The van der Waals surface area contributed by atoms with Gasteiger partial charge < -0.3 is 15.4 Å². The first-order chi connectivity index (χ1) is 10.0. The van der Waals surface area contributed by atoms with Gasteiger partial charge in [0.25, 0.3) is 0 Å². The quantitative estimate of drug-likeness (QED) is 0.906. The highest BCUT2D eigenvalue weighted by Crippen LogP contribution is 2.36. The van der Waals surface area contributed by atoms with E-state index in [0.717, 1.165) is 31.7 Å². The van der Waals surface area contributed by atoms with Crippen LogP contribution in [0.25, 0.3) is 0 Å². The van der Waals surface area contributed by atoms with Crippen molar-refractivity contribution < 1.29 is 9.13 Å². The molecule has 1 aromatic rings. The number of hydrogen-bond acceptors (Lipinski definition) is 3. The highest BCUT2D eigenvalue weighted by atomic mass is 19.1. The maximum atomic E-state index is 13.2. The maximum absolute atomic E-state index is 13.2. The predicted molar refractivity (Wildman–Crippen MR) is 85.0 cm³/mol. The molecule has 1 aliphatic rings. The van der Waals surface area contributed by atoms with E-state index in [1.165, 1.54) is 12.1 Å². The van der Waals surface area contributed by atoms with Crippen LogP contribution in [0.4, 0.5) is 10.1 Å². The predicted octanol–water partition coefficient (Wildman–Crippen LogP) is 3.18. The van der Waals surface area contributed by atoms with Crippen LogP contribution in [0.2, 0.25) is 0 Å². The van der Waals surface area contributed by atoms with Crippen molar-refractivity contribution in [3.8, 4) is 0 Å². The highest BCUT2D eigenvalue weighted by molar-refractivity contribution is 5.49. The number of likely N-dealkylation sites (N-methyl/N-ethyl adjacent to an activating group) is 1. The third-order valence-electron chi connectivity index (χ3n) is 4.63. The van der Waals surface area contributed by atoms with Gasteiger partial charge in [-0.2, -0.15) is 0 Å². The molecule has 2 unspecified atom stereocenters. The molecule has 1 saturated heterocycles. The lowest BCUT2D eigenvalue weighted by molar-refractivity contribution is -0.0420. The molecule has 0 saturated carbocycles. The van der Waals surface area contributed by atoms with Gasteiger partial charge >= 0.3 is 0 Å². The molecule has 118 valence electrons. The molecule has 0 aliphatic carbocycles. The third-order valence-corrected chi connectivity index (χ3v) is 4.63. The average molecular weight is 294 g/mol. The Morgan fingerprint density at radius 2 is 2.05 bits per heavy atom. The Hall–Kier alpha value is -1.13. The first kappa shape index (κ1) is 16.2. The van der Waals surface area contributed by atoms with Crippen LogP contribution in [0.3, 0.4) is 0 Å². The van der Waals surface area contributed by atoms with Gasteiger partial charge in [0.05, 0.1) is 11.6 Å². The van der Waals surface area contributed by atoms with E-state index in [9.17, 15) is 4.39 Å². The van der Waals surface area contributed by atoms with Gasteiger partial charge in [0.15, 0.2) is 0 Å². The zero-order valence-electron chi connectivity index (χ0n) is 13.3. The minimum atomic E-state index is -0.205. The second-order valence-electron chi connectivity index (χ2n) is 6.26. The fraction of sp³-hybridized carbons (Fsp3) is 0.647. The van der Waals surface area contributed by atoms with Gasteiger partial charge in [-0.3, -0.25) is 0 Å². The lowest BCUT2D eigenvalue weighted by Gasteiger charge is -2.49. The Labute approximate surface area is 127 Å². The fourth-order valence-electron chi connectivity index (χ4n) is 3.32. The zero-order valence-corrected chi connectivity index (χ0v) is 13.3. The standard InChI is InChI=1S/C17H27FN2O/c1-4-20(15-7-5-14(18)6-8-15)17(12-19)9-10-21-16(11-17)13(2)3/h5-8,13,16H,4,9-12,19H2,1-3H3. The molecular weight excluding hydrogens is 267 g/mol. The molecule has 1 fully saturated rings. The number of nitrogens with zero attached hydrogens (tertiary/aromatic N) is 1. The molecule has 0 amide bonds. The summed E-state index contributed by atoms with van der Waals surface area (Å²) < 4.78 is 19.1. The van der Waals surface area contributed by atoms with Gasteiger partial charge in [0.1, 0.15) is 5.82 Å². The van der Waals surface area contributed by atoms with E-state index in [1.807, 2.05) is 12.1 Å². The third kappa shape index (κ3) is 3.38. The number of benzene rings is 1. The molecule has 0 aromatic heterocycles. The molecule has 21 heavy (non-hydrogen) atoms. The van der Waals surface area contributed by atoms with E-state index in [1.54, 1.807) is 0 Å². The largest absolute Gasteiger partial charge is 0.378 e. The number of nitrogens with two attached hydrogens (primary N) is 1. The normalized spacial score (nSPS) is 26.1. The molecule has 1 heterocycles. The Kier molecular flexibility index (Phi) is 5.22. The second kappa shape index (κ2) is 6.75. The topological polar surface area (TPSA) is 38.5 Å². The van der Waals surface area contributed by atoms with Crippen molar-refractivity contribution in [3.05, 3.63) is 30.1 Å². The summed E-state index contributed by atoms with van der Waals surface area (Å²) in [5.74, 6) is 0.270. The van der Waals surface area contributed by atoms with Crippen molar-refractivity contribution in [2.75, 3.05) is 24.6 Å². The lowest BCUT2D eigenvalue weighted by atomic mass is 9.81. The molecule has 2 rings (SSSR count). The maximum Gasteiger partial charge on any atom is 0.123 e. The lowest BCUT2D eigenvalue weighted by Crippen LogP contribution is -2.59. The van der Waals surface area contributed by atoms with Gasteiger partial charge in [-0.15, -0.1) is 0 Å². The summed E-state index contributed by atoms with van der Waals surface area (Å²) in [6.45, 7) is 8.67. The summed E-state index contributed by atoms with van der Waals surface area (Å²) in [6.07, 6.45) is 2.07. The van der Waals surface area contributed by atoms with Crippen LogP contribution < -0.4 is 10.6 Å². The van der Waals surface area contributed by atoms with Gasteiger partial charge in [-0.25, -0.2) is 4.39 Å². The molecule has 2 N–H and O–H groups in total. The summed E-state index contributed by atoms with van der Waals surface area (Å²) >= 11 is 0. The van der Waals surface area contributed by atoms with Crippen molar-refractivity contribution in [2.24, 2.45) is 11.7 Å². The zero-order chi connectivity index (χ0) is 15.5. The summed E-state index contributed by atoms with van der Waals surface area (Å²) in [7, 11) is 0. The van der Waals surface area contributed by atoms with Crippen LogP contribution in [0, 0.1) is 11.7 Å². The first-order valence-electron chi connectivity index (χ1n) is 7.87. The van der Waals surface area contributed by atoms with Crippen molar-refractivity contribution in [3.63, 3.8) is 0 Å². The molecule has 1 aromatic carbocycles. The summed E-state index contributed by atoms with van der Waals surface area (Å²) in [6, 6.07) is 6.72. The van der Waals surface area contributed by atoms with Crippen molar-refractivity contribution in [1.82, 2.24) is 0 Å². The number of hydrogen-bond donors (Lipinski definition) is 1. The number of rotatable bonds is 5. The number of ether oxygens (including phenoxy) is 1. The Balaban J connectivity index is 2.29. The van der Waals surface area contributed by atoms with E-state index in [-0.39, 0.29) is 17.5 Å². The molecule has 0 spiro atoms. The molecule has 1 aliphatic heterocycles. The van der Waals surface area contributed by atoms with Crippen molar-refractivity contribution in [1.29, 1.82) is 0 Å². The average Bonchev–Trinajstić information content (AvgIpc) is 2.50. The Morgan fingerprint density at radius 1 is 1.38 bits per heavy atom. The SMILES string of the molecule is CCN(c1ccc(F)cc1)C1(CN)CCOC(C(C)C)C1. The molecule has 2 atom stereocenters. The van der Waals surface area contributed by atoms with Crippen LogP contribution in [0.1, 0.15) is 33.6 Å². The van der Waals surface area contributed by atoms with Crippen LogP contribution >= 0.6 is 0 Å². The number of halogens is 1. The van der Waals surface area contributed by atoms with E-state index >= 15 is 0 Å². The van der Waals surface area contributed by atoms with Crippen LogP contribution in [0.5, 0.6) is 0 Å². The van der Waals surface area contributed by atoms with Gasteiger partial charge in [0, 0.05) is 25.4 Å². The van der Waals surface area contributed by atoms with E-state index < -0.39 is 0 Å². The summed E-state index contributed by atoms with van der Waals surface area (Å²) in [4.78, 5) is 2.32. The summed E-state index contributed by atoms with van der Waals surface area (Å²) in [5, 5.41) is 0. The van der Waals surface area contributed by atoms with Gasteiger partial charge in [0.2, 0.25) is 0 Å². The van der Waals surface area contributed by atoms with Crippen molar-refractivity contribution >= 4 is 5.69 Å². The molecule has 0 bridgehead atoms. The monoisotopic (exact) mass is 294 g/mol. The van der Waals surface area contributed by atoms with Crippen LogP contribution in [-0.4, -0.2) is 31.3 Å². The van der Waals surface area contributed by atoms with Crippen LogP contribution in [-0.2, 0) is 4.74 Å². The van der Waals surface area contributed by atoms with E-state index in [4.69, 9.17) is 10.5 Å². The summed E-state index contributed by atoms with van der Waals surface area (Å²) in [5.41, 5.74) is 7.11. The Bertz CT molecular complexity index is 449.